The molecule has 0 amide bonds. The standard InChI is InChI=1S/C26H31Cl2F2N7O/c1-3-18-13-35(23-21-24(32-25(28)31-23)37(34-33-21)14-19-5-4-10-38-19)15(2)12-36(18)22(20-11-26(20,29)30)16-6-8-17(27)9-7-16/h6-9,15,18-20,22H,3-5,10-14H2,1-2H3/t15-,18+,19+,20-,22-/m0/s1. The summed E-state index contributed by atoms with van der Waals surface area (Å²) in [6.45, 7) is 6.68. The first-order valence-electron chi connectivity index (χ1n) is 13.3. The molecule has 2 saturated heterocycles. The van der Waals surface area contributed by atoms with E-state index >= 15 is 0 Å². The number of piperazine rings is 1. The smallest absolute Gasteiger partial charge is 0.253 e. The van der Waals surface area contributed by atoms with E-state index in [0.29, 0.717) is 41.6 Å². The van der Waals surface area contributed by atoms with Crippen molar-refractivity contribution in [3.8, 4) is 0 Å². The van der Waals surface area contributed by atoms with E-state index in [1.54, 1.807) is 16.8 Å². The molecule has 12 heteroatoms. The lowest BCUT2D eigenvalue weighted by Crippen LogP contribution is -2.59. The fourth-order valence-electron chi connectivity index (χ4n) is 6.08. The first-order chi connectivity index (χ1) is 18.2. The molecule has 4 heterocycles. The fourth-order valence-corrected chi connectivity index (χ4v) is 6.36. The van der Waals surface area contributed by atoms with Gasteiger partial charge in [0.05, 0.1) is 12.6 Å². The number of alkyl halides is 2. The third-order valence-corrected chi connectivity index (χ3v) is 8.59. The van der Waals surface area contributed by atoms with Crippen LogP contribution in [-0.2, 0) is 11.3 Å². The molecule has 0 radical (unpaired) electrons. The zero-order valence-electron chi connectivity index (χ0n) is 21.4. The highest BCUT2D eigenvalue weighted by molar-refractivity contribution is 6.30. The van der Waals surface area contributed by atoms with Gasteiger partial charge in [0, 0.05) is 55.2 Å². The Labute approximate surface area is 230 Å². The van der Waals surface area contributed by atoms with Gasteiger partial charge in [0.1, 0.15) is 0 Å². The van der Waals surface area contributed by atoms with E-state index in [1.165, 1.54) is 0 Å². The van der Waals surface area contributed by atoms with Crippen LogP contribution in [0.5, 0.6) is 0 Å². The number of hydrogen-bond donors (Lipinski definition) is 0. The first kappa shape index (κ1) is 26.1. The number of rotatable bonds is 7. The minimum absolute atomic E-state index is 0.0222. The third-order valence-electron chi connectivity index (χ3n) is 8.17. The van der Waals surface area contributed by atoms with E-state index in [-0.39, 0.29) is 29.9 Å². The van der Waals surface area contributed by atoms with Crippen LogP contribution in [0.15, 0.2) is 24.3 Å². The number of halogens is 4. The predicted octanol–water partition coefficient (Wildman–Crippen LogP) is 5.39. The van der Waals surface area contributed by atoms with Crippen LogP contribution in [-0.4, -0.2) is 73.7 Å². The SMILES string of the molecule is CC[C@@H]1CN(c2nc(Cl)nc3c2nnn3C[C@H]2CCCO2)[C@@H](C)CN1[C@@H](c1ccc(Cl)cc1)[C@@H]1CC1(F)F. The Balaban J connectivity index is 1.31. The molecule has 3 aromatic rings. The van der Waals surface area contributed by atoms with E-state index < -0.39 is 17.9 Å². The van der Waals surface area contributed by atoms with Crippen molar-refractivity contribution in [3.05, 3.63) is 40.1 Å². The minimum atomic E-state index is -2.66. The van der Waals surface area contributed by atoms with Crippen molar-refractivity contribution in [1.29, 1.82) is 0 Å². The summed E-state index contributed by atoms with van der Waals surface area (Å²) in [4.78, 5) is 13.4. The highest BCUT2D eigenvalue weighted by Gasteiger charge is 2.62. The molecule has 8 nitrogen and oxygen atoms in total. The largest absolute Gasteiger partial charge is 0.376 e. The molecule has 0 N–H and O–H groups in total. The van der Waals surface area contributed by atoms with E-state index in [4.69, 9.17) is 27.9 Å². The van der Waals surface area contributed by atoms with Crippen molar-refractivity contribution in [1.82, 2.24) is 29.9 Å². The monoisotopic (exact) mass is 565 g/mol. The van der Waals surface area contributed by atoms with Crippen LogP contribution in [0.25, 0.3) is 11.2 Å². The zero-order valence-corrected chi connectivity index (χ0v) is 22.9. The van der Waals surface area contributed by atoms with Crippen molar-refractivity contribution in [2.24, 2.45) is 5.92 Å². The maximum Gasteiger partial charge on any atom is 0.253 e. The highest BCUT2D eigenvalue weighted by atomic mass is 35.5. The summed E-state index contributed by atoms with van der Waals surface area (Å²) in [5, 5.41) is 9.51. The molecule has 204 valence electrons. The minimum Gasteiger partial charge on any atom is -0.376 e. The molecule has 5 atom stereocenters. The average Bonchev–Trinajstić information content (AvgIpc) is 3.24. The maximum absolute atomic E-state index is 14.5. The Morgan fingerprint density at radius 1 is 1.16 bits per heavy atom. The van der Waals surface area contributed by atoms with Crippen LogP contribution >= 0.6 is 23.2 Å². The Morgan fingerprint density at radius 2 is 1.92 bits per heavy atom. The van der Waals surface area contributed by atoms with E-state index in [9.17, 15) is 8.78 Å². The van der Waals surface area contributed by atoms with Crippen molar-refractivity contribution in [2.75, 3.05) is 24.6 Å². The Morgan fingerprint density at radius 3 is 2.58 bits per heavy atom. The lowest BCUT2D eigenvalue weighted by Gasteiger charge is -2.49. The van der Waals surface area contributed by atoms with Gasteiger partial charge < -0.3 is 9.64 Å². The number of anilines is 1. The van der Waals surface area contributed by atoms with Gasteiger partial charge in [-0.25, -0.2) is 13.5 Å². The number of fused-ring (bicyclic) bond motifs is 1. The van der Waals surface area contributed by atoms with Crippen LogP contribution in [0.1, 0.15) is 51.1 Å². The van der Waals surface area contributed by atoms with Crippen LogP contribution in [0.4, 0.5) is 14.6 Å². The second-order valence-electron chi connectivity index (χ2n) is 10.7. The van der Waals surface area contributed by atoms with Crippen molar-refractivity contribution < 1.29 is 13.5 Å². The van der Waals surface area contributed by atoms with Crippen LogP contribution in [0.3, 0.4) is 0 Å². The number of hydrogen-bond acceptors (Lipinski definition) is 7. The van der Waals surface area contributed by atoms with E-state index in [1.807, 2.05) is 12.1 Å². The Hall–Kier alpha value is -2.14. The number of aromatic nitrogens is 5. The molecule has 0 bridgehead atoms. The molecule has 2 aliphatic heterocycles. The van der Waals surface area contributed by atoms with Crippen molar-refractivity contribution >= 4 is 40.2 Å². The summed E-state index contributed by atoms with van der Waals surface area (Å²) >= 11 is 12.5. The predicted molar refractivity (Wildman–Crippen MR) is 142 cm³/mol. The summed E-state index contributed by atoms with van der Waals surface area (Å²) in [7, 11) is 0. The molecular formula is C26H31Cl2F2N7O. The van der Waals surface area contributed by atoms with Gasteiger partial charge in [0.15, 0.2) is 17.0 Å². The van der Waals surface area contributed by atoms with Crippen LogP contribution < -0.4 is 4.90 Å². The highest BCUT2D eigenvalue weighted by Crippen LogP contribution is 2.57. The molecule has 1 aliphatic carbocycles. The maximum atomic E-state index is 14.5. The first-order valence-corrected chi connectivity index (χ1v) is 14.0. The van der Waals surface area contributed by atoms with Crippen LogP contribution in [0.2, 0.25) is 10.3 Å². The van der Waals surface area contributed by atoms with Gasteiger partial charge in [-0.05, 0) is 55.5 Å². The van der Waals surface area contributed by atoms with Gasteiger partial charge in [-0.2, -0.15) is 9.97 Å². The Kier molecular flexibility index (Phi) is 6.95. The second-order valence-corrected chi connectivity index (χ2v) is 11.5. The summed E-state index contributed by atoms with van der Waals surface area (Å²) in [5.41, 5.74) is 2.04. The van der Waals surface area contributed by atoms with E-state index in [2.05, 4.69) is 43.9 Å². The molecule has 2 aromatic heterocycles. The quantitative estimate of drug-likeness (QED) is 0.355. The zero-order chi connectivity index (χ0) is 26.6. The number of nitrogens with zero attached hydrogens (tertiary/aromatic N) is 7. The number of benzene rings is 1. The molecule has 0 unspecified atom stereocenters. The van der Waals surface area contributed by atoms with E-state index in [0.717, 1.165) is 31.4 Å². The molecule has 3 aliphatic rings. The summed E-state index contributed by atoms with van der Waals surface area (Å²) in [6.07, 6.45) is 2.77. The molecule has 6 rings (SSSR count). The molecule has 1 aromatic carbocycles. The summed E-state index contributed by atoms with van der Waals surface area (Å²) < 4.78 is 36.5. The molecule has 38 heavy (non-hydrogen) atoms. The van der Waals surface area contributed by atoms with Gasteiger partial charge in [-0.3, -0.25) is 4.90 Å². The summed E-state index contributed by atoms with van der Waals surface area (Å²) in [6, 6.07) is 6.93. The summed E-state index contributed by atoms with van der Waals surface area (Å²) in [5.74, 6) is -2.74. The van der Waals surface area contributed by atoms with Gasteiger partial charge in [0.2, 0.25) is 5.28 Å². The van der Waals surface area contributed by atoms with Crippen LogP contribution in [0, 0.1) is 5.92 Å². The topological polar surface area (TPSA) is 72.2 Å². The van der Waals surface area contributed by atoms with Gasteiger partial charge >= 0.3 is 0 Å². The van der Waals surface area contributed by atoms with Gasteiger partial charge in [-0.15, -0.1) is 5.10 Å². The second kappa shape index (κ2) is 10.1. The normalized spacial score (nSPS) is 28.2. The third kappa shape index (κ3) is 4.85. The average molecular weight is 566 g/mol. The lowest BCUT2D eigenvalue weighted by atomic mass is 9.94. The van der Waals surface area contributed by atoms with Crippen molar-refractivity contribution in [3.63, 3.8) is 0 Å². The Bertz CT molecular complexity index is 1300. The van der Waals surface area contributed by atoms with Crippen molar-refractivity contribution in [2.45, 2.75) is 76.2 Å². The molecule has 1 saturated carbocycles. The fraction of sp³-hybridized carbons (Fsp3) is 0.615. The molecular weight excluding hydrogens is 535 g/mol. The number of ether oxygens (including phenoxy) is 1. The van der Waals surface area contributed by atoms with Gasteiger partial charge in [-0.1, -0.05) is 35.9 Å². The molecule has 3 fully saturated rings. The van der Waals surface area contributed by atoms with Gasteiger partial charge in [0.25, 0.3) is 5.92 Å². The lowest BCUT2D eigenvalue weighted by molar-refractivity contribution is 0.0340. The molecule has 0 spiro atoms.